The summed E-state index contributed by atoms with van der Waals surface area (Å²) in [6.45, 7) is 3.43. The lowest BCUT2D eigenvalue weighted by Gasteiger charge is -2.51. The van der Waals surface area contributed by atoms with Crippen molar-refractivity contribution in [1.82, 2.24) is 9.88 Å². The number of benzene rings is 2. The number of aromatic nitrogens is 1. The number of likely N-dealkylation sites (tertiary alicyclic amines) is 1. The van der Waals surface area contributed by atoms with Crippen LogP contribution in [0.4, 0.5) is 4.39 Å². The summed E-state index contributed by atoms with van der Waals surface area (Å²) in [4.78, 5) is 6.25. The molecule has 150 valence electrons. The molecule has 4 heteroatoms. The van der Waals surface area contributed by atoms with Gasteiger partial charge in [0.2, 0.25) is 0 Å². The Morgan fingerprint density at radius 1 is 1.17 bits per heavy atom. The summed E-state index contributed by atoms with van der Waals surface area (Å²) in [5, 5.41) is 11.2. The topological polar surface area (TPSA) is 39.3 Å². The third-order valence-corrected chi connectivity index (χ3v) is 7.67. The smallest absolute Gasteiger partial charge is 0.123 e. The minimum atomic E-state index is -0.164. The Labute approximate surface area is 170 Å². The van der Waals surface area contributed by atoms with Gasteiger partial charge in [-0.3, -0.25) is 0 Å². The Morgan fingerprint density at radius 2 is 2.07 bits per heavy atom. The van der Waals surface area contributed by atoms with Gasteiger partial charge in [-0.1, -0.05) is 12.1 Å². The molecular weight excluding hydrogens is 363 g/mol. The van der Waals surface area contributed by atoms with Crippen molar-refractivity contribution in [2.24, 2.45) is 11.8 Å². The summed E-state index contributed by atoms with van der Waals surface area (Å²) in [6.07, 6.45) is 5.77. The van der Waals surface area contributed by atoms with E-state index < -0.39 is 0 Å². The van der Waals surface area contributed by atoms with E-state index in [1.165, 1.54) is 36.2 Å². The summed E-state index contributed by atoms with van der Waals surface area (Å²) in [5.74, 6) is 1.56. The highest BCUT2D eigenvalue weighted by molar-refractivity contribution is 5.85. The van der Waals surface area contributed by atoms with Gasteiger partial charge in [-0.05, 0) is 91.9 Å². The van der Waals surface area contributed by atoms with Crippen molar-refractivity contribution in [3.05, 3.63) is 65.1 Å². The summed E-state index contributed by atoms with van der Waals surface area (Å²) in [6, 6.07) is 13.0. The summed E-state index contributed by atoms with van der Waals surface area (Å²) in [7, 11) is 0. The quantitative estimate of drug-likeness (QED) is 0.675. The van der Waals surface area contributed by atoms with E-state index in [0.29, 0.717) is 11.7 Å². The van der Waals surface area contributed by atoms with Gasteiger partial charge in [-0.25, -0.2) is 4.39 Å². The maximum Gasteiger partial charge on any atom is 0.123 e. The fraction of sp³-hybridized carbons (Fsp3) is 0.440. The molecule has 0 amide bonds. The highest BCUT2D eigenvalue weighted by Gasteiger charge is 2.48. The van der Waals surface area contributed by atoms with Crippen molar-refractivity contribution in [2.45, 2.75) is 37.5 Å². The molecule has 0 spiro atoms. The maximum atomic E-state index is 14.0. The van der Waals surface area contributed by atoms with E-state index >= 15 is 0 Å². The van der Waals surface area contributed by atoms with E-state index in [0.717, 1.165) is 49.2 Å². The van der Waals surface area contributed by atoms with Crippen LogP contribution in [-0.2, 0) is 18.3 Å². The zero-order valence-electron chi connectivity index (χ0n) is 16.6. The SMILES string of the molecule is Oc1cccc(C23CCN(CC4CC4)CC2Cc2c([nH]c4ccc(F)cc24)C3)c1. The molecule has 1 saturated heterocycles. The van der Waals surface area contributed by atoms with Gasteiger partial charge in [0.05, 0.1) is 0 Å². The largest absolute Gasteiger partial charge is 0.508 e. The van der Waals surface area contributed by atoms with Crippen molar-refractivity contribution in [3.63, 3.8) is 0 Å². The van der Waals surface area contributed by atoms with Gasteiger partial charge < -0.3 is 15.0 Å². The molecule has 3 aliphatic rings. The number of piperidine rings is 1. The van der Waals surface area contributed by atoms with E-state index in [4.69, 9.17) is 0 Å². The minimum Gasteiger partial charge on any atom is -0.508 e. The molecule has 2 fully saturated rings. The normalized spacial score (nSPS) is 27.0. The van der Waals surface area contributed by atoms with Gasteiger partial charge in [0, 0.05) is 35.1 Å². The molecule has 2 atom stereocenters. The molecule has 6 rings (SSSR count). The average Bonchev–Trinajstić information content (AvgIpc) is 3.46. The van der Waals surface area contributed by atoms with Crippen molar-refractivity contribution in [1.29, 1.82) is 0 Å². The van der Waals surface area contributed by atoms with Crippen LogP contribution in [0, 0.1) is 17.7 Å². The van der Waals surface area contributed by atoms with Gasteiger partial charge in [-0.2, -0.15) is 0 Å². The number of nitrogens with zero attached hydrogens (tertiary/aromatic N) is 1. The van der Waals surface area contributed by atoms with Crippen LogP contribution in [0.3, 0.4) is 0 Å². The number of aromatic amines is 1. The van der Waals surface area contributed by atoms with Crippen molar-refractivity contribution < 1.29 is 9.50 Å². The lowest BCUT2D eigenvalue weighted by Crippen LogP contribution is -2.54. The Balaban J connectivity index is 1.45. The second-order valence-electron chi connectivity index (χ2n) is 9.51. The van der Waals surface area contributed by atoms with Crippen molar-refractivity contribution in [2.75, 3.05) is 19.6 Å². The predicted molar refractivity (Wildman–Crippen MR) is 113 cm³/mol. The number of H-pyrrole nitrogens is 1. The first-order valence-electron chi connectivity index (χ1n) is 10.9. The van der Waals surface area contributed by atoms with Gasteiger partial charge in [0.15, 0.2) is 0 Å². The third-order valence-electron chi connectivity index (χ3n) is 7.67. The number of nitrogens with one attached hydrogen (secondary N) is 1. The Hall–Kier alpha value is -2.33. The van der Waals surface area contributed by atoms with Crippen LogP contribution >= 0.6 is 0 Å². The third kappa shape index (κ3) is 2.88. The van der Waals surface area contributed by atoms with E-state index in [9.17, 15) is 9.50 Å². The maximum absolute atomic E-state index is 14.0. The number of hydrogen-bond acceptors (Lipinski definition) is 2. The predicted octanol–water partition coefficient (Wildman–Crippen LogP) is 4.78. The molecule has 1 aliphatic heterocycles. The minimum absolute atomic E-state index is 0.0329. The zero-order valence-corrected chi connectivity index (χ0v) is 16.6. The summed E-state index contributed by atoms with van der Waals surface area (Å²) >= 11 is 0. The molecule has 3 aromatic rings. The van der Waals surface area contributed by atoms with Gasteiger partial charge in [0.25, 0.3) is 0 Å². The second kappa shape index (κ2) is 6.33. The number of aromatic hydroxyl groups is 1. The van der Waals surface area contributed by atoms with E-state index in [-0.39, 0.29) is 11.2 Å². The number of rotatable bonds is 3. The van der Waals surface area contributed by atoms with Crippen LogP contribution in [0.15, 0.2) is 42.5 Å². The monoisotopic (exact) mass is 390 g/mol. The highest BCUT2D eigenvalue weighted by atomic mass is 19.1. The first-order valence-corrected chi connectivity index (χ1v) is 10.9. The van der Waals surface area contributed by atoms with Crippen LogP contribution in [0.5, 0.6) is 5.75 Å². The number of fused-ring (bicyclic) bond motifs is 4. The fourth-order valence-corrected chi connectivity index (χ4v) is 5.98. The lowest BCUT2D eigenvalue weighted by atomic mass is 9.58. The Morgan fingerprint density at radius 3 is 2.90 bits per heavy atom. The summed E-state index contributed by atoms with van der Waals surface area (Å²) in [5.41, 5.74) is 4.87. The van der Waals surface area contributed by atoms with E-state index in [1.807, 2.05) is 18.2 Å². The molecule has 0 bridgehead atoms. The van der Waals surface area contributed by atoms with E-state index in [1.54, 1.807) is 18.2 Å². The Bertz CT molecular complexity index is 1090. The van der Waals surface area contributed by atoms with Gasteiger partial charge >= 0.3 is 0 Å². The number of halogens is 1. The van der Waals surface area contributed by atoms with Crippen molar-refractivity contribution >= 4 is 10.9 Å². The van der Waals surface area contributed by atoms with Crippen LogP contribution < -0.4 is 0 Å². The number of phenols is 1. The molecule has 3 nitrogen and oxygen atoms in total. The molecule has 0 radical (unpaired) electrons. The molecule has 1 saturated carbocycles. The molecule has 2 heterocycles. The highest BCUT2D eigenvalue weighted by Crippen LogP contribution is 2.50. The molecular formula is C25H27FN2O. The first kappa shape index (κ1) is 17.5. The Kier molecular flexibility index (Phi) is 3.83. The van der Waals surface area contributed by atoms with Gasteiger partial charge in [0.1, 0.15) is 11.6 Å². The van der Waals surface area contributed by atoms with E-state index in [2.05, 4.69) is 16.0 Å². The molecule has 2 aliphatic carbocycles. The lowest BCUT2D eigenvalue weighted by molar-refractivity contribution is 0.0783. The average molecular weight is 391 g/mol. The fourth-order valence-electron chi connectivity index (χ4n) is 5.98. The van der Waals surface area contributed by atoms with Crippen LogP contribution in [-0.4, -0.2) is 34.6 Å². The summed E-state index contributed by atoms with van der Waals surface area (Å²) < 4.78 is 14.0. The number of phenolic OH excluding ortho intramolecular Hbond substituents is 1. The second-order valence-corrected chi connectivity index (χ2v) is 9.51. The molecule has 2 N–H and O–H groups in total. The van der Waals surface area contributed by atoms with Gasteiger partial charge in [-0.15, -0.1) is 0 Å². The van der Waals surface area contributed by atoms with Crippen LogP contribution in [0.25, 0.3) is 10.9 Å². The van der Waals surface area contributed by atoms with Crippen LogP contribution in [0.1, 0.15) is 36.1 Å². The zero-order chi connectivity index (χ0) is 19.6. The first-order chi connectivity index (χ1) is 14.1. The number of hydrogen-bond donors (Lipinski definition) is 2. The van der Waals surface area contributed by atoms with Crippen LogP contribution in [0.2, 0.25) is 0 Å². The molecule has 1 aromatic heterocycles. The molecule has 2 unspecified atom stereocenters. The van der Waals surface area contributed by atoms with Crippen molar-refractivity contribution in [3.8, 4) is 5.75 Å². The molecule has 2 aromatic carbocycles. The molecule has 29 heavy (non-hydrogen) atoms. The standard InChI is InChI=1S/C25H27FN2O/c26-19-6-7-23-22(12-19)21-11-18-15-28(14-16-4-5-16)9-8-25(18,13-24(21)27-23)17-2-1-3-20(29)10-17/h1-3,6-7,10,12,16,18,27,29H,4-5,8-9,11,13-15H2.